The van der Waals surface area contributed by atoms with Gasteiger partial charge >= 0.3 is 0 Å². The number of hydrogen-bond acceptors (Lipinski definition) is 5. The van der Waals surface area contributed by atoms with Gasteiger partial charge in [-0.25, -0.2) is 0 Å². The molecule has 1 saturated heterocycles. The maximum atomic E-state index is 13.1. The molecular formula is C25H29N5O2. The number of piperazine rings is 1. The lowest BCUT2D eigenvalue weighted by molar-refractivity contribution is 0.250. The number of fused-ring (bicyclic) bond motifs is 3. The van der Waals surface area contributed by atoms with Crippen LogP contribution in [0.15, 0.2) is 59.5 Å². The molecule has 4 aromatic rings. The van der Waals surface area contributed by atoms with E-state index in [-0.39, 0.29) is 5.56 Å². The third-order valence-electron chi connectivity index (χ3n) is 6.40. The summed E-state index contributed by atoms with van der Waals surface area (Å²) in [5.74, 6) is 0.546. The molecule has 0 unspecified atom stereocenters. The number of methoxy groups -OCH3 is 1. The normalized spacial score (nSPS) is 15.0. The van der Waals surface area contributed by atoms with Crippen molar-refractivity contribution in [1.82, 2.24) is 18.9 Å². The second kappa shape index (κ2) is 8.67. The van der Waals surface area contributed by atoms with Gasteiger partial charge in [0, 0.05) is 50.7 Å². The Morgan fingerprint density at radius 2 is 1.72 bits per heavy atom. The Morgan fingerprint density at radius 3 is 2.47 bits per heavy atom. The number of rotatable bonds is 6. The van der Waals surface area contributed by atoms with Crippen LogP contribution in [0.5, 0.6) is 5.88 Å². The number of anilines is 1. The van der Waals surface area contributed by atoms with Gasteiger partial charge in [-0.1, -0.05) is 17.7 Å². The summed E-state index contributed by atoms with van der Waals surface area (Å²) in [6.45, 7) is 7.92. The quantitative estimate of drug-likeness (QED) is 0.469. The molecule has 0 atom stereocenters. The standard InChI is InChI=1S/C25H29N5O2/c1-19-6-8-20(9-7-19)28-17-15-27(16-18-28)12-4-14-30-21-10-11-23(32-2)26-24(21)29-13-3-5-22(29)25(30)31/h3,5-11,13H,4,12,14-18H2,1-2H3. The highest BCUT2D eigenvalue weighted by molar-refractivity contribution is 5.75. The number of aromatic nitrogens is 3. The van der Waals surface area contributed by atoms with Crippen LogP contribution in [0.4, 0.5) is 5.69 Å². The third kappa shape index (κ3) is 3.84. The van der Waals surface area contributed by atoms with E-state index in [4.69, 9.17) is 4.74 Å². The zero-order valence-electron chi connectivity index (χ0n) is 18.7. The highest BCUT2D eigenvalue weighted by Crippen LogP contribution is 2.19. The minimum Gasteiger partial charge on any atom is -0.481 e. The van der Waals surface area contributed by atoms with Crippen LogP contribution in [0, 0.1) is 6.92 Å². The SMILES string of the molecule is COc1ccc2c(n1)n1cccc1c(=O)n2CCCN1CCN(c2ccc(C)cc2)CC1. The molecule has 4 heterocycles. The van der Waals surface area contributed by atoms with E-state index in [1.807, 2.05) is 39.4 Å². The van der Waals surface area contributed by atoms with E-state index in [0.29, 0.717) is 17.9 Å². The van der Waals surface area contributed by atoms with Crippen molar-refractivity contribution in [2.24, 2.45) is 0 Å². The summed E-state index contributed by atoms with van der Waals surface area (Å²) in [5, 5.41) is 0. The lowest BCUT2D eigenvalue weighted by Gasteiger charge is -2.36. The van der Waals surface area contributed by atoms with Crippen molar-refractivity contribution in [1.29, 1.82) is 0 Å². The van der Waals surface area contributed by atoms with E-state index in [1.54, 1.807) is 7.11 Å². The minimum atomic E-state index is 0.0265. The highest BCUT2D eigenvalue weighted by Gasteiger charge is 2.18. The van der Waals surface area contributed by atoms with Crippen LogP contribution in [0.25, 0.3) is 16.7 Å². The van der Waals surface area contributed by atoms with E-state index in [9.17, 15) is 4.79 Å². The zero-order valence-corrected chi connectivity index (χ0v) is 18.7. The van der Waals surface area contributed by atoms with Gasteiger partial charge in [0.1, 0.15) is 5.52 Å². The molecule has 0 amide bonds. The first-order valence-electron chi connectivity index (χ1n) is 11.2. The molecule has 7 nitrogen and oxygen atoms in total. The van der Waals surface area contributed by atoms with Crippen molar-refractivity contribution in [3.8, 4) is 5.88 Å². The van der Waals surface area contributed by atoms with Gasteiger partial charge in [-0.05, 0) is 50.2 Å². The molecule has 1 aliphatic rings. The molecule has 166 valence electrons. The predicted octanol–water partition coefficient (Wildman–Crippen LogP) is 3.18. The van der Waals surface area contributed by atoms with Gasteiger partial charge in [-0.3, -0.25) is 14.1 Å². The Balaban J connectivity index is 1.27. The van der Waals surface area contributed by atoms with E-state index in [1.165, 1.54) is 11.3 Å². The minimum absolute atomic E-state index is 0.0265. The topological polar surface area (TPSA) is 55.0 Å². The van der Waals surface area contributed by atoms with Crippen LogP contribution in [0.2, 0.25) is 0 Å². The van der Waals surface area contributed by atoms with E-state index < -0.39 is 0 Å². The van der Waals surface area contributed by atoms with Crippen LogP contribution in [0.3, 0.4) is 0 Å². The lowest BCUT2D eigenvalue weighted by atomic mass is 10.2. The van der Waals surface area contributed by atoms with Gasteiger partial charge in [0.05, 0.1) is 12.6 Å². The largest absolute Gasteiger partial charge is 0.481 e. The monoisotopic (exact) mass is 431 g/mol. The number of hydrogen-bond donors (Lipinski definition) is 0. The highest BCUT2D eigenvalue weighted by atomic mass is 16.5. The van der Waals surface area contributed by atoms with Crippen molar-refractivity contribution in [3.63, 3.8) is 0 Å². The summed E-state index contributed by atoms with van der Waals surface area (Å²) in [7, 11) is 1.61. The lowest BCUT2D eigenvalue weighted by Crippen LogP contribution is -2.46. The van der Waals surface area contributed by atoms with Gasteiger partial charge in [0.15, 0.2) is 5.65 Å². The smallest absolute Gasteiger partial charge is 0.275 e. The Morgan fingerprint density at radius 1 is 0.938 bits per heavy atom. The van der Waals surface area contributed by atoms with E-state index in [2.05, 4.69) is 46.0 Å². The third-order valence-corrected chi connectivity index (χ3v) is 6.40. The van der Waals surface area contributed by atoms with Crippen LogP contribution < -0.4 is 15.2 Å². The van der Waals surface area contributed by atoms with Gasteiger partial charge in [0.25, 0.3) is 5.56 Å². The molecule has 3 aromatic heterocycles. The first-order valence-corrected chi connectivity index (χ1v) is 11.2. The van der Waals surface area contributed by atoms with Crippen molar-refractivity contribution >= 4 is 22.4 Å². The van der Waals surface area contributed by atoms with Crippen LogP contribution in [0.1, 0.15) is 12.0 Å². The van der Waals surface area contributed by atoms with Gasteiger partial charge in [0.2, 0.25) is 5.88 Å². The van der Waals surface area contributed by atoms with Crippen LogP contribution >= 0.6 is 0 Å². The molecule has 0 spiro atoms. The van der Waals surface area contributed by atoms with E-state index in [0.717, 1.165) is 50.3 Å². The van der Waals surface area contributed by atoms with Gasteiger partial charge < -0.3 is 14.2 Å². The molecule has 0 radical (unpaired) electrons. The molecule has 0 aliphatic carbocycles. The molecule has 1 fully saturated rings. The Kier molecular flexibility index (Phi) is 5.57. The van der Waals surface area contributed by atoms with Crippen molar-refractivity contribution in [2.45, 2.75) is 19.9 Å². The molecular weight excluding hydrogens is 402 g/mol. The zero-order chi connectivity index (χ0) is 22.1. The molecule has 32 heavy (non-hydrogen) atoms. The maximum absolute atomic E-state index is 13.1. The van der Waals surface area contributed by atoms with E-state index >= 15 is 0 Å². The molecule has 1 aliphatic heterocycles. The average Bonchev–Trinajstić information content (AvgIpc) is 3.32. The van der Waals surface area contributed by atoms with Crippen molar-refractivity contribution in [3.05, 3.63) is 70.6 Å². The fourth-order valence-electron chi connectivity index (χ4n) is 4.57. The number of nitrogens with zero attached hydrogens (tertiary/aromatic N) is 5. The second-order valence-corrected chi connectivity index (χ2v) is 8.43. The summed E-state index contributed by atoms with van der Waals surface area (Å²) >= 11 is 0. The second-order valence-electron chi connectivity index (χ2n) is 8.43. The molecule has 7 heteroatoms. The first kappa shape index (κ1) is 20.6. The summed E-state index contributed by atoms with van der Waals surface area (Å²) < 4.78 is 9.01. The molecule has 1 aromatic carbocycles. The summed E-state index contributed by atoms with van der Waals surface area (Å²) in [4.78, 5) is 22.7. The molecule has 0 N–H and O–H groups in total. The predicted molar refractivity (Wildman–Crippen MR) is 128 cm³/mol. The average molecular weight is 432 g/mol. The number of pyridine rings is 1. The molecule has 0 saturated carbocycles. The van der Waals surface area contributed by atoms with Crippen LogP contribution in [-0.2, 0) is 6.54 Å². The van der Waals surface area contributed by atoms with Crippen molar-refractivity contribution < 1.29 is 4.74 Å². The summed E-state index contributed by atoms with van der Waals surface area (Å²) in [6.07, 6.45) is 2.80. The fraction of sp³-hybridized carbons (Fsp3) is 0.360. The van der Waals surface area contributed by atoms with Gasteiger partial charge in [-0.15, -0.1) is 0 Å². The Bertz CT molecular complexity index is 1280. The molecule has 5 rings (SSSR count). The first-order chi connectivity index (χ1) is 15.6. The molecule has 0 bridgehead atoms. The summed E-state index contributed by atoms with van der Waals surface area (Å²) in [6, 6.07) is 16.3. The number of ether oxygens (including phenoxy) is 1. The maximum Gasteiger partial charge on any atom is 0.275 e. The Labute approximate surface area is 187 Å². The Hall–Kier alpha value is -3.32. The fourth-order valence-corrected chi connectivity index (χ4v) is 4.57. The van der Waals surface area contributed by atoms with Crippen LogP contribution in [-0.4, -0.2) is 58.7 Å². The summed E-state index contributed by atoms with van der Waals surface area (Å²) in [5.41, 5.74) is 4.85. The number of benzene rings is 1. The van der Waals surface area contributed by atoms with Gasteiger partial charge in [-0.2, -0.15) is 4.98 Å². The van der Waals surface area contributed by atoms with Crippen molar-refractivity contribution in [2.75, 3.05) is 44.7 Å². The number of aryl methyl sites for hydroxylation is 2.